The van der Waals surface area contributed by atoms with Gasteiger partial charge in [-0.25, -0.2) is 5.43 Å². The molecule has 0 heterocycles. The first kappa shape index (κ1) is 17.6. The lowest BCUT2D eigenvalue weighted by molar-refractivity contribution is 0.0955. The Kier molecular flexibility index (Phi) is 5.96. The van der Waals surface area contributed by atoms with Gasteiger partial charge in [0, 0.05) is 16.1 Å². The number of hydrazone groups is 1. The number of amides is 1. The maximum absolute atomic E-state index is 12.3. The molecule has 0 aliphatic rings. The Hall–Kier alpha value is -3.17. The number of carbonyl (C=O) groups excluding carboxylic acids is 1. The van der Waals surface area contributed by atoms with Crippen LogP contribution in [0.2, 0.25) is 5.02 Å². The van der Waals surface area contributed by atoms with E-state index in [1.807, 2.05) is 72.8 Å². The van der Waals surface area contributed by atoms with Gasteiger partial charge in [-0.15, -0.1) is 0 Å². The van der Waals surface area contributed by atoms with Crippen LogP contribution < -0.4 is 5.43 Å². The summed E-state index contributed by atoms with van der Waals surface area (Å²) in [6.07, 6.45) is 3.84. The van der Waals surface area contributed by atoms with Crippen molar-refractivity contribution >= 4 is 29.3 Å². The molecule has 0 saturated carbocycles. The Bertz CT molecular complexity index is 917. The van der Waals surface area contributed by atoms with Crippen LogP contribution in [0.15, 0.2) is 96.1 Å². The maximum atomic E-state index is 12.3. The number of nitrogens with one attached hydrogen (secondary N) is 1. The second kappa shape index (κ2) is 8.79. The summed E-state index contributed by atoms with van der Waals surface area (Å²) in [5.74, 6) is -0.289. The van der Waals surface area contributed by atoms with E-state index >= 15 is 0 Å². The van der Waals surface area contributed by atoms with Gasteiger partial charge < -0.3 is 0 Å². The minimum atomic E-state index is -0.289. The van der Waals surface area contributed by atoms with Gasteiger partial charge >= 0.3 is 0 Å². The van der Waals surface area contributed by atoms with E-state index < -0.39 is 0 Å². The van der Waals surface area contributed by atoms with Crippen LogP contribution in [0.1, 0.15) is 21.5 Å². The molecule has 128 valence electrons. The third kappa shape index (κ3) is 4.91. The van der Waals surface area contributed by atoms with Crippen LogP contribution >= 0.6 is 11.6 Å². The molecule has 0 saturated heterocycles. The molecule has 0 unspecified atom stereocenters. The molecule has 0 aliphatic carbocycles. The van der Waals surface area contributed by atoms with Crippen molar-refractivity contribution in [1.82, 2.24) is 5.43 Å². The number of halogens is 1. The largest absolute Gasteiger partial charge is 0.271 e. The molecule has 3 aromatic rings. The monoisotopic (exact) mass is 360 g/mol. The van der Waals surface area contributed by atoms with Crippen molar-refractivity contribution in [2.24, 2.45) is 5.10 Å². The Morgan fingerprint density at radius 1 is 0.808 bits per heavy atom. The molecule has 0 bridgehead atoms. The van der Waals surface area contributed by atoms with Gasteiger partial charge in [-0.2, -0.15) is 5.10 Å². The van der Waals surface area contributed by atoms with Gasteiger partial charge in [0.1, 0.15) is 0 Å². The first-order valence-electron chi connectivity index (χ1n) is 8.14. The van der Waals surface area contributed by atoms with E-state index in [9.17, 15) is 4.79 Å². The Morgan fingerprint density at radius 2 is 1.42 bits per heavy atom. The van der Waals surface area contributed by atoms with Crippen LogP contribution in [0.4, 0.5) is 0 Å². The third-order valence-electron chi connectivity index (χ3n) is 3.69. The van der Waals surface area contributed by atoms with Crippen molar-refractivity contribution in [2.75, 3.05) is 0 Å². The maximum Gasteiger partial charge on any atom is 0.271 e. The van der Waals surface area contributed by atoms with Crippen molar-refractivity contribution in [3.05, 3.63) is 113 Å². The molecule has 0 spiro atoms. The van der Waals surface area contributed by atoms with E-state index in [1.54, 1.807) is 24.3 Å². The summed E-state index contributed by atoms with van der Waals surface area (Å²) in [5, 5.41) is 4.89. The molecule has 3 nitrogen and oxygen atoms in total. The molecular formula is C22H17ClN2O. The highest BCUT2D eigenvalue weighted by Gasteiger charge is 2.05. The predicted octanol–water partition coefficient (Wildman–Crippen LogP) is 5.19. The molecule has 0 aromatic heterocycles. The minimum Gasteiger partial charge on any atom is -0.267 e. The molecule has 3 rings (SSSR count). The highest BCUT2D eigenvalue weighted by molar-refractivity contribution is 6.30. The molecule has 0 aliphatic heterocycles. The Balaban J connectivity index is 1.83. The fraction of sp³-hybridized carbons (Fsp3) is 0. The van der Waals surface area contributed by atoms with Gasteiger partial charge in [-0.1, -0.05) is 78.3 Å². The number of carbonyl (C=O) groups is 1. The predicted molar refractivity (Wildman–Crippen MR) is 107 cm³/mol. The lowest BCUT2D eigenvalue weighted by Crippen LogP contribution is -2.19. The number of hydrogen-bond acceptors (Lipinski definition) is 2. The average Bonchev–Trinajstić information content (AvgIpc) is 2.70. The van der Waals surface area contributed by atoms with Crippen LogP contribution in [-0.4, -0.2) is 11.6 Å². The van der Waals surface area contributed by atoms with E-state index in [-0.39, 0.29) is 5.91 Å². The van der Waals surface area contributed by atoms with Crippen molar-refractivity contribution in [3.8, 4) is 0 Å². The Labute approximate surface area is 157 Å². The standard InChI is InChI=1S/C22H17ClN2O/c23-20-14-12-19(13-15-20)22(26)25-24-21(18-9-5-2-6-10-18)16-11-17-7-3-1-4-8-17/h1-16H,(H,25,26)/b16-11+,24-21-. The molecule has 0 radical (unpaired) electrons. The van der Waals surface area contributed by atoms with Gasteiger partial charge in [0.15, 0.2) is 0 Å². The van der Waals surface area contributed by atoms with Crippen LogP contribution in [0.3, 0.4) is 0 Å². The lowest BCUT2D eigenvalue weighted by atomic mass is 10.1. The van der Waals surface area contributed by atoms with E-state index in [4.69, 9.17) is 11.6 Å². The van der Waals surface area contributed by atoms with Gasteiger partial charge in [0.25, 0.3) is 5.91 Å². The van der Waals surface area contributed by atoms with E-state index in [1.165, 1.54) is 0 Å². The van der Waals surface area contributed by atoms with Gasteiger partial charge in [0.2, 0.25) is 0 Å². The van der Waals surface area contributed by atoms with Gasteiger partial charge in [0.05, 0.1) is 5.71 Å². The molecule has 1 amide bonds. The van der Waals surface area contributed by atoms with Crippen molar-refractivity contribution < 1.29 is 4.79 Å². The van der Waals surface area contributed by atoms with Crippen molar-refractivity contribution in [2.45, 2.75) is 0 Å². The van der Waals surface area contributed by atoms with Crippen molar-refractivity contribution in [1.29, 1.82) is 0 Å². The van der Waals surface area contributed by atoms with E-state index in [2.05, 4.69) is 10.5 Å². The molecule has 0 fully saturated rings. The Morgan fingerprint density at radius 3 is 2.08 bits per heavy atom. The number of nitrogens with zero attached hydrogens (tertiary/aromatic N) is 1. The van der Waals surface area contributed by atoms with Crippen molar-refractivity contribution in [3.63, 3.8) is 0 Å². The summed E-state index contributed by atoms with van der Waals surface area (Å²) in [6.45, 7) is 0. The number of hydrogen-bond donors (Lipinski definition) is 1. The second-order valence-corrected chi connectivity index (χ2v) is 5.99. The quantitative estimate of drug-likeness (QED) is 0.494. The molecule has 4 heteroatoms. The second-order valence-electron chi connectivity index (χ2n) is 5.55. The zero-order valence-electron chi connectivity index (χ0n) is 14.0. The smallest absolute Gasteiger partial charge is 0.267 e. The first-order valence-corrected chi connectivity index (χ1v) is 8.52. The van der Waals surface area contributed by atoms with E-state index in [0.29, 0.717) is 16.3 Å². The summed E-state index contributed by atoms with van der Waals surface area (Å²) in [6, 6.07) is 26.3. The highest BCUT2D eigenvalue weighted by Crippen LogP contribution is 2.10. The molecule has 0 atom stereocenters. The lowest BCUT2D eigenvalue weighted by Gasteiger charge is -2.04. The zero-order valence-corrected chi connectivity index (χ0v) is 14.7. The number of benzene rings is 3. The summed E-state index contributed by atoms with van der Waals surface area (Å²) in [5.41, 5.74) is 5.74. The fourth-order valence-electron chi connectivity index (χ4n) is 2.32. The summed E-state index contributed by atoms with van der Waals surface area (Å²) >= 11 is 5.85. The normalized spacial score (nSPS) is 11.5. The SMILES string of the molecule is O=C(N/N=C(/C=C/c1ccccc1)c1ccccc1)c1ccc(Cl)cc1. The van der Waals surface area contributed by atoms with Crippen LogP contribution in [0.5, 0.6) is 0 Å². The summed E-state index contributed by atoms with van der Waals surface area (Å²) in [4.78, 5) is 12.3. The molecular weight excluding hydrogens is 344 g/mol. The van der Waals surface area contributed by atoms with Crippen LogP contribution in [0.25, 0.3) is 6.08 Å². The number of allylic oxidation sites excluding steroid dienone is 1. The summed E-state index contributed by atoms with van der Waals surface area (Å²) < 4.78 is 0. The molecule has 1 N–H and O–H groups in total. The minimum absolute atomic E-state index is 0.289. The molecule has 26 heavy (non-hydrogen) atoms. The van der Waals surface area contributed by atoms with Crippen LogP contribution in [-0.2, 0) is 0 Å². The summed E-state index contributed by atoms with van der Waals surface area (Å²) in [7, 11) is 0. The topological polar surface area (TPSA) is 41.5 Å². The molecule has 3 aromatic carbocycles. The zero-order chi connectivity index (χ0) is 18.2. The van der Waals surface area contributed by atoms with Crippen LogP contribution in [0, 0.1) is 0 Å². The number of rotatable bonds is 5. The third-order valence-corrected chi connectivity index (χ3v) is 3.94. The average molecular weight is 361 g/mol. The highest BCUT2D eigenvalue weighted by atomic mass is 35.5. The van der Waals surface area contributed by atoms with Gasteiger partial charge in [-0.05, 0) is 35.9 Å². The fourth-order valence-corrected chi connectivity index (χ4v) is 2.45. The van der Waals surface area contributed by atoms with E-state index in [0.717, 1.165) is 11.1 Å². The first-order chi connectivity index (χ1) is 12.7. The van der Waals surface area contributed by atoms with Gasteiger partial charge in [-0.3, -0.25) is 4.79 Å².